The van der Waals surface area contributed by atoms with E-state index in [0.29, 0.717) is 23.8 Å². The first-order valence-corrected chi connectivity index (χ1v) is 6.81. The van der Waals surface area contributed by atoms with Crippen molar-refractivity contribution in [3.8, 4) is 0 Å². The van der Waals surface area contributed by atoms with Crippen LogP contribution in [0.1, 0.15) is 24.2 Å². The number of rotatable bonds is 4. The number of Topliss-reactive ketones (excluding diaryl/α,β-unsaturated/α-hetero) is 1. The molecule has 0 aliphatic carbocycles. The van der Waals surface area contributed by atoms with E-state index in [0.717, 1.165) is 0 Å². The molecule has 0 bridgehead atoms. The quantitative estimate of drug-likeness (QED) is 0.795. The van der Waals surface area contributed by atoms with Crippen LogP contribution in [-0.2, 0) is 9.59 Å². The molecular formula is C14H15ClN2O3. The summed E-state index contributed by atoms with van der Waals surface area (Å²) in [7, 11) is 0. The Balaban J connectivity index is 2.33. The molecule has 1 aromatic rings. The minimum atomic E-state index is -0.700. The highest BCUT2D eigenvalue weighted by molar-refractivity contribution is 6.54. The van der Waals surface area contributed by atoms with Crippen LogP contribution in [0.2, 0.25) is 5.02 Å². The van der Waals surface area contributed by atoms with Crippen LogP contribution in [0.25, 0.3) is 0 Å². The average Bonchev–Trinajstić information content (AvgIpc) is 2.67. The summed E-state index contributed by atoms with van der Waals surface area (Å²) >= 11 is 6.05. The first-order chi connectivity index (χ1) is 9.51. The molecule has 2 amide bonds. The van der Waals surface area contributed by atoms with Gasteiger partial charge in [0.1, 0.15) is 6.54 Å². The maximum Gasteiger partial charge on any atom is 0.300 e. The second-order valence-corrected chi connectivity index (χ2v) is 4.83. The molecular weight excluding hydrogens is 280 g/mol. The zero-order chi connectivity index (χ0) is 14.9. The number of carbonyl (C=O) groups is 3. The predicted molar refractivity (Wildman–Crippen MR) is 76.1 cm³/mol. The lowest BCUT2D eigenvalue weighted by Gasteiger charge is -2.23. The first kappa shape index (κ1) is 14.5. The summed E-state index contributed by atoms with van der Waals surface area (Å²) in [5, 5.41) is 0.300. The highest BCUT2D eigenvalue weighted by Gasteiger charge is 2.38. The van der Waals surface area contributed by atoms with Crippen LogP contribution in [0, 0.1) is 0 Å². The topological polar surface area (TPSA) is 57.7 Å². The van der Waals surface area contributed by atoms with E-state index in [2.05, 4.69) is 0 Å². The molecule has 1 aliphatic rings. The SMILES string of the molecule is CCN(CC)C(=O)CN1C(=O)C(=O)c2cccc(Cl)c21. The van der Waals surface area contributed by atoms with E-state index < -0.39 is 11.7 Å². The molecule has 5 nitrogen and oxygen atoms in total. The van der Waals surface area contributed by atoms with Crippen LogP contribution in [0.5, 0.6) is 0 Å². The van der Waals surface area contributed by atoms with Crippen molar-refractivity contribution in [2.75, 3.05) is 24.5 Å². The molecule has 0 saturated heterocycles. The van der Waals surface area contributed by atoms with E-state index in [1.54, 1.807) is 23.1 Å². The molecule has 106 valence electrons. The Morgan fingerprint density at radius 1 is 1.25 bits per heavy atom. The summed E-state index contributed by atoms with van der Waals surface area (Å²) in [5.41, 5.74) is 0.597. The maximum atomic E-state index is 12.1. The lowest BCUT2D eigenvalue weighted by molar-refractivity contribution is -0.130. The number of hydrogen-bond acceptors (Lipinski definition) is 3. The van der Waals surface area contributed by atoms with E-state index in [4.69, 9.17) is 11.6 Å². The van der Waals surface area contributed by atoms with E-state index in [9.17, 15) is 14.4 Å². The highest BCUT2D eigenvalue weighted by atomic mass is 35.5. The van der Waals surface area contributed by atoms with Gasteiger partial charge in [-0.15, -0.1) is 0 Å². The fourth-order valence-electron chi connectivity index (χ4n) is 2.27. The Morgan fingerprint density at radius 2 is 1.90 bits per heavy atom. The van der Waals surface area contributed by atoms with Gasteiger partial charge in [-0.05, 0) is 26.0 Å². The number of fused-ring (bicyclic) bond motifs is 1. The van der Waals surface area contributed by atoms with Crippen molar-refractivity contribution >= 4 is 34.9 Å². The van der Waals surface area contributed by atoms with E-state index in [1.807, 2.05) is 13.8 Å². The van der Waals surface area contributed by atoms with Crippen LogP contribution in [0.4, 0.5) is 5.69 Å². The van der Waals surface area contributed by atoms with Crippen molar-refractivity contribution in [3.63, 3.8) is 0 Å². The minimum absolute atomic E-state index is 0.164. The Morgan fingerprint density at radius 3 is 2.50 bits per heavy atom. The third-order valence-corrected chi connectivity index (χ3v) is 3.66. The van der Waals surface area contributed by atoms with Gasteiger partial charge < -0.3 is 4.90 Å². The molecule has 1 heterocycles. The molecule has 0 fully saturated rings. The summed E-state index contributed by atoms with van der Waals surface area (Å²) in [4.78, 5) is 38.8. The number of carbonyl (C=O) groups excluding carboxylic acids is 3. The van der Waals surface area contributed by atoms with Crippen LogP contribution < -0.4 is 4.90 Å². The van der Waals surface area contributed by atoms with E-state index in [1.165, 1.54) is 4.90 Å². The van der Waals surface area contributed by atoms with Gasteiger partial charge in [0.2, 0.25) is 5.91 Å². The van der Waals surface area contributed by atoms with Crippen LogP contribution in [-0.4, -0.2) is 42.1 Å². The number of hydrogen-bond donors (Lipinski definition) is 0. The zero-order valence-corrected chi connectivity index (χ0v) is 12.1. The third-order valence-electron chi connectivity index (χ3n) is 3.35. The Hall–Kier alpha value is -1.88. The lowest BCUT2D eigenvalue weighted by Crippen LogP contribution is -2.42. The zero-order valence-electron chi connectivity index (χ0n) is 11.4. The van der Waals surface area contributed by atoms with E-state index in [-0.39, 0.29) is 18.0 Å². The van der Waals surface area contributed by atoms with Gasteiger partial charge in [-0.25, -0.2) is 0 Å². The van der Waals surface area contributed by atoms with Crippen molar-refractivity contribution in [2.24, 2.45) is 0 Å². The van der Waals surface area contributed by atoms with Gasteiger partial charge in [-0.3, -0.25) is 19.3 Å². The summed E-state index contributed by atoms with van der Waals surface area (Å²) in [6.07, 6.45) is 0. The molecule has 0 N–H and O–H groups in total. The molecule has 1 aromatic carbocycles. The molecule has 0 aromatic heterocycles. The molecule has 0 spiro atoms. The second kappa shape index (κ2) is 5.63. The van der Waals surface area contributed by atoms with Gasteiger partial charge in [-0.2, -0.15) is 0 Å². The summed E-state index contributed by atoms with van der Waals surface area (Å²) in [5.74, 6) is -1.52. The van der Waals surface area contributed by atoms with Gasteiger partial charge in [0, 0.05) is 13.1 Å². The van der Waals surface area contributed by atoms with Crippen molar-refractivity contribution in [2.45, 2.75) is 13.8 Å². The van der Waals surface area contributed by atoms with Gasteiger partial charge in [0.15, 0.2) is 0 Å². The summed E-state index contributed by atoms with van der Waals surface area (Å²) < 4.78 is 0. The number of anilines is 1. The first-order valence-electron chi connectivity index (χ1n) is 6.43. The largest absolute Gasteiger partial charge is 0.342 e. The molecule has 0 radical (unpaired) electrons. The monoisotopic (exact) mass is 294 g/mol. The Kier molecular flexibility index (Phi) is 4.09. The molecule has 6 heteroatoms. The van der Waals surface area contributed by atoms with E-state index >= 15 is 0 Å². The van der Waals surface area contributed by atoms with Crippen LogP contribution in [0.3, 0.4) is 0 Å². The predicted octanol–water partition coefficient (Wildman–Crippen LogP) is 1.74. The van der Waals surface area contributed by atoms with Gasteiger partial charge >= 0.3 is 0 Å². The molecule has 20 heavy (non-hydrogen) atoms. The number of para-hydroxylation sites is 1. The number of likely N-dealkylation sites (N-methyl/N-ethyl adjacent to an activating group) is 1. The van der Waals surface area contributed by atoms with Gasteiger partial charge in [0.25, 0.3) is 11.7 Å². The van der Waals surface area contributed by atoms with Crippen molar-refractivity contribution < 1.29 is 14.4 Å². The minimum Gasteiger partial charge on any atom is -0.342 e. The summed E-state index contributed by atoms with van der Waals surface area (Å²) in [6.45, 7) is 4.67. The number of ketones is 1. The molecule has 2 rings (SSSR count). The van der Waals surface area contributed by atoms with Gasteiger partial charge in [0.05, 0.1) is 16.3 Å². The molecule has 0 atom stereocenters. The average molecular weight is 295 g/mol. The molecule has 0 saturated carbocycles. The molecule has 0 unspecified atom stereocenters. The normalized spacial score (nSPS) is 13.7. The van der Waals surface area contributed by atoms with Gasteiger partial charge in [-0.1, -0.05) is 17.7 Å². The highest BCUT2D eigenvalue weighted by Crippen LogP contribution is 2.35. The van der Waals surface area contributed by atoms with Crippen molar-refractivity contribution in [1.82, 2.24) is 4.90 Å². The maximum absolute atomic E-state index is 12.1. The van der Waals surface area contributed by atoms with Crippen LogP contribution in [0.15, 0.2) is 18.2 Å². The number of benzene rings is 1. The second-order valence-electron chi connectivity index (χ2n) is 4.42. The molecule has 1 aliphatic heterocycles. The Labute approximate surface area is 122 Å². The standard InChI is InChI=1S/C14H15ClN2O3/c1-3-16(4-2)11(18)8-17-12-9(13(19)14(17)20)6-5-7-10(12)15/h5-7H,3-4,8H2,1-2H3. The number of nitrogens with zero attached hydrogens (tertiary/aromatic N) is 2. The van der Waals surface area contributed by atoms with Crippen molar-refractivity contribution in [1.29, 1.82) is 0 Å². The fraction of sp³-hybridized carbons (Fsp3) is 0.357. The van der Waals surface area contributed by atoms with Crippen LogP contribution >= 0.6 is 11.6 Å². The van der Waals surface area contributed by atoms with Crippen molar-refractivity contribution in [3.05, 3.63) is 28.8 Å². The third kappa shape index (κ3) is 2.29. The smallest absolute Gasteiger partial charge is 0.300 e. The lowest BCUT2D eigenvalue weighted by atomic mass is 10.1. The summed E-state index contributed by atoms with van der Waals surface area (Å²) in [6, 6.07) is 4.76. The number of halogens is 1. The number of amides is 2. The fourth-order valence-corrected chi connectivity index (χ4v) is 2.55. The Bertz CT molecular complexity index is 582.